The summed E-state index contributed by atoms with van der Waals surface area (Å²) in [6, 6.07) is 14.5. The van der Waals surface area contributed by atoms with Gasteiger partial charge in [0.15, 0.2) is 0 Å². The molecule has 1 aliphatic rings. The van der Waals surface area contributed by atoms with Gasteiger partial charge in [0.05, 0.1) is 5.75 Å². The summed E-state index contributed by atoms with van der Waals surface area (Å²) in [6.07, 6.45) is 3.65. The molecule has 1 heterocycles. The lowest BCUT2D eigenvalue weighted by atomic mass is 9.92. The third-order valence-electron chi connectivity index (χ3n) is 4.92. The van der Waals surface area contributed by atoms with Gasteiger partial charge in [-0.05, 0) is 66.6 Å². The smallest absolute Gasteiger partial charge is 0.211 e. The summed E-state index contributed by atoms with van der Waals surface area (Å²) in [4.78, 5) is 0. The Bertz CT molecular complexity index is 866. The Morgan fingerprint density at radius 2 is 1.89 bits per heavy atom. The van der Waals surface area contributed by atoms with Crippen molar-refractivity contribution in [3.8, 4) is 0 Å². The molecule has 0 saturated heterocycles. The predicted octanol–water partition coefficient (Wildman–Crippen LogP) is 3.99. The molecular weight excluding hydrogens is 380 g/mol. The number of nitrogens with one attached hydrogen (secondary N) is 2. The van der Waals surface area contributed by atoms with E-state index >= 15 is 0 Å². The molecule has 6 heteroatoms. The van der Waals surface area contributed by atoms with Crippen molar-refractivity contribution in [2.24, 2.45) is 0 Å². The normalized spacial score (nSPS) is 17.3. The Kier molecular flexibility index (Phi) is 6.93. The zero-order valence-corrected chi connectivity index (χ0v) is 17.2. The molecular formula is C21H27ClN2O2S. The van der Waals surface area contributed by atoms with Gasteiger partial charge >= 0.3 is 0 Å². The SMILES string of the molecule is CCCS(=O)(=O)NCc1ccc2c(c1)C(Cc1ccc(Cl)cc1)NCCC2. The first-order chi connectivity index (χ1) is 13.0. The number of fused-ring (bicyclic) bond motifs is 1. The summed E-state index contributed by atoms with van der Waals surface area (Å²) in [6.45, 7) is 3.18. The molecule has 0 amide bonds. The maximum absolute atomic E-state index is 11.9. The minimum Gasteiger partial charge on any atom is -0.310 e. The molecule has 1 unspecified atom stereocenters. The molecule has 0 bridgehead atoms. The third-order valence-corrected chi connectivity index (χ3v) is 6.70. The molecule has 2 aromatic rings. The fraction of sp³-hybridized carbons (Fsp3) is 0.429. The lowest BCUT2D eigenvalue weighted by Crippen LogP contribution is -2.26. The quantitative estimate of drug-likeness (QED) is 0.730. The van der Waals surface area contributed by atoms with Crippen LogP contribution in [0.5, 0.6) is 0 Å². The second-order valence-electron chi connectivity index (χ2n) is 7.11. The summed E-state index contributed by atoms with van der Waals surface area (Å²) in [7, 11) is -3.20. The lowest BCUT2D eigenvalue weighted by Gasteiger charge is -2.20. The van der Waals surface area contributed by atoms with E-state index < -0.39 is 10.0 Å². The highest BCUT2D eigenvalue weighted by molar-refractivity contribution is 7.89. The van der Waals surface area contributed by atoms with Gasteiger partial charge in [-0.3, -0.25) is 0 Å². The molecule has 3 rings (SSSR count). The third kappa shape index (κ3) is 5.79. The van der Waals surface area contributed by atoms with Crippen molar-refractivity contribution in [3.05, 3.63) is 69.7 Å². The number of sulfonamides is 1. The topological polar surface area (TPSA) is 58.2 Å². The Morgan fingerprint density at radius 1 is 1.15 bits per heavy atom. The van der Waals surface area contributed by atoms with Gasteiger partial charge in [-0.15, -0.1) is 0 Å². The van der Waals surface area contributed by atoms with E-state index in [2.05, 4.69) is 34.3 Å². The Morgan fingerprint density at radius 3 is 2.63 bits per heavy atom. The van der Waals surface area contributed by atoms with Gasteiger partial charge in [0.1, 0.15) is 0 Å². The average Bonchev–Trinajstić information content (AvgIpc) is 2.84. The maximum Gasteiger partial charge on any atom is 0.211 e. The molecule has 0 fully saturated rings. The summed E-state index contributed by atoms with van der Waals surface area (Å²) in [5, 5.41) is 4.39. The van der Waals surface area contributed by atoms with Crippen LogP contribution < -0.4 is 10.0 Å². The average molecular weight is 407 g/mol. The number of hydrogen-bond donors (Lipinski definition) is 2. The second-order valence-corrected chi connectivity index (χ2v) is 9.48. The molecule has 0 aromatic heterocycles. The summed E-state index contributed by atoms with van der Waals surface area (Å²) >= 11 is 6.00. The number of rotatable bonds is 7. The highest BCUT2D eigenvalue weighted by atomic mass is 35.5. The lowest BCUT2D eigenvalue weighted by molar-refractivity contribution is 0.539. The molecule has 0 aliphatic carbocycles. The number of halogens is 1. The van der Waals surface area contributed by atoms with Gasteiger partial charge in [0.2, 0.25) is 10.0 Å². The standard InChI is InChI=1S/C21H27ClN2O2S/c1-2-12-27(25,26)24-15-17-5-8-18-4-3-11-23-21(20(18)13-17)14-16-6-9-19(22)10-7-16/h5-10,13,21,23-24H,2-4,11-12,14-15H2,1H3. The van der Waals surface area contributed by atoms with Crippen molar-refractivity contribution >= 4 is 21.6 Å². The molecule has 1 atom stereocenters. The Balaban J connectivity index is 1.80. The first-order valence-electron chi connectivity index (χ1n) is 9.53. The number of aryl methyl sites for hydroxylation is 1. The van der Waals surface area contributed by atoms with Crippen LogP contribution in [0.25, 0.3) is 0 Å². The zero-order chi connectivity index (χ0) is 19.3. The number of hydrogen-bond acceptors (Lipinski definition) is 3. The minimum absolute atomic E-state index is 0.165. The molecule has 2 N–H and O–H groups in total. The van der Waals surface area contributed by atoms with Crippen LogP contribution in [0, 0.1) is 0 Å². The van der Waals surface area contributed by atoms with Gasteiger partial charge in [-0.2, -0.15) is 0 Å². The van der Waals surface area contributed by atoms with Crippen LogP contribution in [0.1, 0.15) is 48.1 Å². The molecule has 4 nitrogen and oxygen atoms in total. The van der Waals surface area contributed by atoms with Crippen molar-refractivity contribution in [3.63, 3.8) is 0 Å². The molecule has 1 aliphatic heterocycles. The van der Waals surface area contributed by atoms with E-state index in [4.69, 9.17) is 11.6 Å². The van der Waals surface area contributed by atoms with Crippen LogP contribution in [0.2, 0.25) is 5.02 Å². The molecule has 27 heavy (non-hydrogen) atoms. The van der Waals surface area contributed by atoms with Gasteiger partial charge in [-0.1, -0.05) is 48.9 Å². The molecule has 2 aromatic carbocycles. The van der Waals surface area contributed by atoms with Crippen molar-refractivity contribution in [1.82, 2.24) is 10.0 Å². The first-order valence-corrected chi connectivity index (χ1v) is 11.6. The van der Waals surface area contributed by atoms with Gasteiger partial charge in [-0.25, -0.2) is 13.1 Å². The van der Waals surface area contributed by atoms with Crippen molar-refractivity contribution in [1.29, 1.82) is 0 Å². The fourth-order valence-corrected chi connectivity index (χ4v) is 4.74. The molecule has 0 radical (unpaired) electrons. The fourth-order valence-electron chi connectivity index (χ4n) is 3.54. The van der Waals surface area contributed by atoms with E-state index in [9.17, 15) is 8.42 Å². The zero-order valence-electron chi connectivity index (χ0n) is 15.7. The highest BCUT2D eigenvalue weighted by Crippen LogP contribution is 2.27. The monoisotopic (exact) mass is 406 g/mol. The molecule has 146 valence electrons. The minimum atomic E-state index is -3.20. The van der Waals surface area contributed by atoms with Crippen LogP contribution in [0.3, 0.4) is 0 Å². The van der Waals surface area contributed by atoms with Crippen LogP contribution >= 0.6 is 11.6 Å². The van der Waals surface area contributed by atoms with Crippen LogP contribution in [-0.4, -0.2) is 20.7 Å². The van der Waals surface area contributed by atoms with Crippen LogP contribution in [-0.2, 0) is 29.4 Å². The van der Waals surface area contributed by atoms with Gasteiger partial charge < -0.3 is 5.32 Å². The van der Waals surface area contributed by atoms with Crippen molar-refractivity contribution in [2.75, 3.05) is 12.3 Å². The Hall–Kier alpha value is -1.40. The molecule has 0 saturated carbocycles. The van der Waals surface area contributed by atoms with Gasteiger partial charge in [0, 0.05) is 17.6 Å². The summed E-state index contributed by atoms with van der Waals surface area (Å²) in [5.41, 5.74) is 4.85. The van der Waals surface area contributed by atoms with E-state index in [1.807, 2.05) is 25.1 Å². The largest absolute Gasteiger partial charge is 0.310 e. The van der Waals surface area contributed by atoms with Crippen LogP contribution in [0.4, 0.5) is 0 Å². The van der Waals surface area contributed by atoms with Crippen molar-refractivity contribution < 1.29 is 8.42 Å². The maximum atomic E-state index is 11.9. The van der Waals surface area contributed by atoms with E-state index in [0.717, 1.165) is 36.4 Å². The second kappa shape index (κ2) is 9.20. The van der Waals surface area contributed by atoms with E-state index in [1.54, 1.807) is 0 Å². The first kappa shape index (κ1) is 20.3. The summed E-state index contributed by atoms with van der Waals surface area (Å²) < 4.78 is 26.6. The van der Waals surface area contributed by atoms with Crippen molar-refractivity contribution in [2.45, 2.75) is 45.2 Å². The van der Waals surface area contributed by atoms with Crippen LogP contribution in [0.15, 0.2) is 42.5 Å². The van der Waals surface area contributed by atoms with E-state index in [0.29, 0.717) is 13.0 Å². The Labute approximate surface area is 167 Å². The highest BCUT2D eigenvalue weighted by Gasteiger charge is 2.19. The number of benzene rings is 2. The van der Waals surface area contributed by atoms with E-state index in [1.165, 1.54) is 16.7 Å². The van der Waals surface area contributed by atoms with Gasteiger partial charge in [0.25, 0.3) is 0 Å². The summed E-state index contributed by atoms with van der Waals surface area (Å²) in [5.74, 6) is 0.165. The molecule has 0 spiro atoms. The predicted molar refractivity (Wildman–Crippen MR) is 112 cm³/mol. The van der Waals surface area contributed by atoms with E-state index in [-0.39, 0.29) is 11.8 Å².